The average molecular weight is 336 g/mol. The largest absolute Gasteiger partial charge is 0.368 e. The molecule has 0 spiro atoms. The first-order valence-corrected chi connectivity index (χ1v) is 8.97. The van der Waals surface area contributed by atoms with E-state index in [1.54, 1.807) is 0 Å². The Balaban J connectivity index is 1.79. The van der Waals surface area contributed by atoms with Crippen molar-refractivity contribution < 1.29 is 0 Å². The number of nitrogens with one attached hydrogen (secondary N) is 2. The minimum absolute atomic E-state index is 0.314. The Hall–Kier alpha value is -2.63. The van der Waals surface area contributed by atoms with Gasteiger partial charge in [-0.2, -0.15) is 10.1 Å². The van der Waals surface area contributed by atoms with Crippen LogP contribution in [0.1, 0.15) is 43.5 Å². The van der Waals surface area contributed by atoms with Gasteiger partial charge in [0.15, 0.2) is 0 Å². The van der Waals surface area contributed by atoms with E-state index in [0.29, 0.717) is 12.0 Å². The Kier molecular flexibility index (Phi) is 4.03. The van der Waals surface area contributed by atoms with Gasteiger partial charge >= 0.3 is 0 Å². The van der Waals surface area contributed by atoms with Crippen LogP contribution in [-0.2, 0) is 0 Å². The quantitative estimate of drug-likeness (QED) is 0.673. The lowest BCUT2D eigenvalue weighted by atomic mass is 9.95. The van der Waals surface area contributed by atoms with E-state index in [-0.39, 0.29) is 0 Å². The lowest BCUT2D eigenvalue weighted by molar-refractivity contribution is 0.462. The van der Waals surface area contributed by atoms with Gasteiger partial charge in [0.2, 0.25) is 5.95 Å². The first kappa shape index (κ1) is 15.9. The van der Waals surface area contributed by atoms with Crippen LogP contribution in [0, 0.1) is 13.8 Å². The van der Waals surface area contributed by atoms with Crippen molar-refractivity contribution in [1.29, 1.82) is 0 Å². The fraction of sp³-hybridized carbons (Fsp3) is 0.421. The van der Waals surface area contributed by atoms with Crippen LogP contribution < -0.4 is 11.1 Å². The molecule has 0 saturated heterocycles. The molecule has 25 heavy (non-hydrogen) atoms. The van der Waals surface area contributed by atoms with Crippen molar-refractivity contribution in [3.05, 3.63) is 29.6 Å². The highest BCUT2D eigenvalue weighted by Crippen LogP contribution is 2.32. The molecule has 1 aliphatic rings. The van der Waals surface area contributed by atoms with Crippen molar-refractivity contribution in [3.8, 4) is 11.1 Å². The molecule has 4 rings (SSSR count). The van der Waals surface area contributed by atoms with Crippen LogP contribution in [-0.4, -0.2) is 26.2 Å². The molecule has 0 unspecified atom stereocenters. The second-order valence-electron chi connectivity index (χ2n) is 6.95. The first-order chi connectivity index (χ1) is 12.1. The molecule has 0 aliphatic heterocycles. The van der Waals surface area contributed by atoms with E-state index >= 15 is 0 Å². The molecular weight excluding hydrogens is 312 g/mol. The van der Waals surface area contributed by atoms with Crippen LogP contribution in [0.25, 0.3) is 22.0 Å². The van der Waals surface area contributed by atoms with Gasteiger partial charge in [-0.15, -0.1) is 0 Å². The van der Waals surface area contributed by atoms with Gasteiger partial charge in [-0.05, 0) is 44.4 Å². The SMILES string of the molecule is Cc1n[nH]c(C)c1-c1ccc2nc(N)nc(NC3CCCCC3)c2c1. The van der Waals surface area contributed by atoms with Crippen molar-refractivity contribution >= 4 is 22.7 Å². The zero-order chi connectivity index (χ0) is 17.4. The zero-order valence-electron chi connectivity index (χ0n) is 14.8. The number of hydrogen-bond donors (Lipinski definition) is 3. The highest BCUT2D eigenvalue weighted by Gasteiger charge is 2.17. The van der Waals surface area contributed by atoms with Crippen LogP contribution in [0.2, 0.25) is 0 Å². The monoisotopic (exact) mass is 336 g/mol. The van der Waals surface area contributed by atoms with Crippen molar-refractivity contribution in [2.45, 2.75) is 52.0 Å². The third-order valence-corrected chi connectivity index (χ3v) is 5.08. The summed E-state index contributed by atoms with van der Waals surface area (Å²) >= 11 is 0. The van der Waals surface area contributed by atoms with E-state index in [4.69, 9.17) is 5.73 Å². The summed E-state index contributed by atoms with van der Waals surface area (Å²) in [5, 5.41) is 12.0. The molecule has 1 aliphatic carbocycles. The minimum Gasteiger partial charge on any atom is -0.368 e. The summed E-state index contributed by atoms with van der Waals surface area (Å²) in [5.41, 5.74) is 11.1. The van der Waals surface area contributed by atoms with Gasteiger partial charge in [0.05, 0.1) is 11.2 Å². The van der Waals surface area contributed by atoms with Crippen LogP contribution in [0.15, 0.2) is 18.2 Å². The molecule has 0 radical (unpaired) electrons. The lowest BCUT2D eigenvalue weighted by Gasteiger charge is -2.24. The molecule has 2 heterocycles. The van der Waals surface area contributed by atoms with E-state index < -0.39 is 0 Å². The summed E-state index contributed by atoms with van der Waals surface area (Å²) in [4.78, 5) is 8.89. The fourth-order valence-electron chi connectivity index (χ4n) is 3.83. The fourth-order valence-corrected chi connectivity index (χ4v) is 3.83. The number of hydrogen-bond acceptors (Lipinski definition) is 5. The normalized spacial score (nSPS) is 15.6. The molecule has 0 bridgehead atoms. The lowest BCUT2D eigenvalue weighted by Crippen LogP contribution is -2.23. The number of benzene rings is 1. The van der Waals surface area contributed by atoms with Crippen LogP contribution in [0.5, 0.6) is 0 Å². The van der Waals surface area contributed by atoms with E-state index in [9.17, 15) is 0 Å². The molecule has 3 aromatic rings. The number of aryl methyl sites for hydroxylation is 2. The maximum atomic E-state index is 5.93. The van der Waals surface area contributed by atoms with E-state index in [1.807, 2.05) is 19.9 Å². The van der Waals surface area contributed by atoms with E-state index in [2.05, 4.69) is 37.6 Å². The Bertz CT molecular complexity index is 888. The Labute approximate surface area is 147 Å². The molecule has 1 saturated carbocycles. The number of H-pyrrole nitrogens is 1. The second-order valence-corrected chi connectivity index (χ2v) is 6.95. The van der Waals surface area contributed by atoms with Crippen molar-refractivity contribution in [2.75, 3.05) is 11.1 Å². The summed E-state index contributed by atoms with van der Waals surface area (Å²) < 4.78 is 0. The number of nitrogens with zero attached hydrogens (tertiary/aromatic N) is 3. The second kappa shape index (κ2) is 6.35. The standard InChI is InChI=1S/C19H24N6/c1-11-17(12(2)25-24-11)13-8-9-16-15(10-13)18(23-19(20)22-16)21-14-6-4-3-5-7-14/h8-10,14H,3-7H2,1-2H3,(H,24,25)(H3,20,21,22,23). The number of rotatable bonds is 3. The van der Waals surface area contributed by atoms with Crippen LogP contribution >= 0.6 is 0 Å². The van der Waals surface area contributed by atoms with Crippen LogP contribution in [0.3, 0.4) is 0 Å². The van der Waals surface area contributed by atoms with Gasteiger partial charge in [0, 0.05) is 22.7 Å². The van der Waals surface area contributed by atoms with Gasteiger partial charge < -0.3 is 11.1 Å². The number of anilines is 2. The smallest absolute Gasteiger partial charge is 0.222 e. The molecule has 2 aromatic heterocycles. The van der Waals surface area contributed by atoms with Crippen molar-refractivity contribution in [2.24, 2.45) is 0 Å². The molecule has 1 aromatic carbocycles. The summed E-state index contributed by atoms with van der Waals surface area (Å²) in [6.07, 6.45) is 6.24. The summed E-state index contributed by atoms with van der Waals surface area (Å²) in [6.45, 7) is 4.06. The van der Waals surface area contributed by atoms with Gasteiger partial charge in [-0.3, -0.25) is 5.10 Å². The maximum Gasteiger partial charge on any atom is 0.222 e. The number of aromatic nitrogens is 4. The number of fused-ring (bicyclic) bond motifs is 1. The molecule has 0 atom stereocenters. The van der Waals surface area contributed by atoms with Crippen molar-refractivity contribution in [1.82, 2.24) is 20.2 Å². The van der Waals surface area contributed by atoms with Gasteiger partial charge in [0.1, 0.15) is 5.82 Å². The Morgan fingerprint density at radius 2 is 1.92 bits per heavy atom. The predicted octanol–water partition coefficient (Wildman–Crippen LogP) is 3.96. The van der Waals surface area contributed by atoms with Gasteiger partial charge in [-0.25, -0.2) is 4.98 Å². The Morgan fingerprint density at radius 3 is 2.64 bits per heavy atom. The third-order valence-electron chi connectivity index (χ3n) is 5.08. The molecule has 0 amide bonds. The number of aromatic amines is 1. The highest BCUT2D eigenvalue weighted by atomic mass is 15.1. The first-order valence-electron chi connectivity index (χ1n) is 8.97. The average Bonchev–Trinajstić information content (AvgIpc) is 2.94. The number of nitrogens with two attached hydrogens (primary N) is 1. The molecule has 4 N–H and O–H groups in total. The molecule has 6 heteroatoms. The van der Waals surface area contributed by atoms with E-state index in [1.165, 1.54) is 32.1 Å². The minimum atomic E-state index is 0.314. The maximum absolute atomic E-state index is 5.93. The van der Waals surface area contributed by atoms with E-state index in [0.717, 1.165) is 39.2 Å². The topological polar surface area (TPSA) is 92.5 Å². The summed E-state index contributed by atoms with van der Waals surface area (Å²) in [7, 11) is 0. The summed E-state index contributed by atoms with van der Waals surface area (Å²) in [6, 6.07) is 6.70. The summed E-state index contributed by atoms with van der Waals surface area (Å²) in [5.74, 6) is 1.16. The number of nitrogen functional groups attached to an aromatic ring is 1. The zero-order valence-corrected chi connectivity index (χ0v) is 14.8. The molecule has 6 nitrogen and oxygen atoms in total. The third kappa shape index (κ3) is 3.04. The Morgan fingerprint density at radius 1 is 1.12 bits per heavy atom. The molecule has 130 valence electrons. The van der Waals surface area contributed by atoms with Crippen LogP contribution in [0.4, 0.5) is 11.8 Å². The predicted molar refractivity (Wildman–Crippen MR) is 102 cm³/mol. The molecular formula is C19H24N6. The highest BCUT2D eigenvalue weighted by molar-refractivity contribution is 5.94. The van der Waals surface area contributed by atoms with Crippen molar-refractivity contribution in [3.63, 3.8) is 0 Å². The molecule has 1 fully saturated rings. The van der Waals surface area contributed by atoms with Gasteiger partial charge in [0.25, 0.3) is 0 Å². The van der Waals surface area contributed by atoms with Gasteiger partial charge in [-0.1, -0.05) is 25.3 Å².